The monoisotopic (exact) mass is 439 g/mol. The van der Waals surface area contributed by atoms with Gasteiger partial charge in [0.2, 0.25) is 5.91 Å². The van der Waals surface area contributed by atoms with E-state index in [2.05, 4.69) is 11.1 Å². The number of ether oxygens (including phenoxy) is 1. The first-order chi connectivity index (χ1) is 15.0. The summed E-state index contributed by atoms with van der Waals surface area (Å²) in [6, 6.07) is 8.09. The third-order valence-electron chi connectivity index (χ3n) is 5.46. The Balaban J connectivity index is 1.54. The SMILES string of the molecule is CCOC(=O)CCC(=O)N1CCc2c(sc3ncn(Cc4cccc(C)c4)c(=O)c23)C1. The molecule has 0 aliphatic carbocycles. The van der Waals surface area contributed by atoms with Crippen molar-refractivity contribution in [3.8, 4) is 0 Å². The molecule has 8 heteroatoms. The zero-order chi connectivity index (χ0) is 22.0. The second kappa shape index (κ2) is 9.01. The van der Waals surface area contributed by atoms with Gasteiger partial charge in [0.25, 0.3) is 5.56 Å². The molecule has 0 unspecified atom stereocenters. The van der Waals surface area contributed by atoms with E-state index < -0.39 is 0 Å². The maximum atomic E-state index is 13.2. The van der Waals surface area contributed by atoms with Crippen molar-refractivity contribution in [2.75, 3.05) is 13.2 Å². The summed E-state index contributed by atoms with van der Waals surface area (Å²) in [5.41, 5.74) is 3.18. The average Bonchev–Trinajstić information content (AvgIpc) is 3.13. The number of aromatic nitrogens is 2. The lowest BCUT2D eigenvalue weighted by molar-refractivity contribution is -0.145. The highest BCUT2D eigenvalue weighted by Gasteiger charge is 2.26. The zero-order valence-corrected chi connectivity index (χ0v) is 18.5. The van der Waals surface area contributed by atoms with E-state index in [0.717, 1.165) is 26.4 Å². The van der Waals surface area contributed by atoms with Crippen molar-refractivity contribution < 1.29 is 14.3 Å². The Morgan fingerprint density at radius 1 is 1.26 bits per heavy atom. The Labute approximate surface area is 184 Å². The molecule has 31 heavy (non-hydrogen) atoms. The Hall–Kier alpha value is -3.00. The van der Waals surface area contributed by atoms with Gasteiger partial charge in [0, 0.05) is 17.8 Å². The van der Waals surface area contributed by atoms with Gasteiger partial charge < -0.3 is 9.64 Å². The number of hydrogen-bond donors (Lipinski definition) is 0. The minimum Gasteiger partial charge on any atom is -0.466 e. The van der Waals surface area contributed by atoms with Crippen LogP contribution in [0, 0.1) is 6.92 Å². The number of esters is 1. The van der Waals surface area contributed by atoms with Crippen LogP contribution in [-0.2, 0) is 33.8 Å². The van der Waals surface area contributed by atoms with E-state index in [4.69, 9.17) is 4.74 Å². The maximum Gasteiger partial charge on any atom is 0.306 e. The number of thiophene rings is 1. The molecule has 1 aromatic carbocycles. The second-order valence-corrected chi connectivity index (χ2v) is 8.80. The normalized spacial score (nSPS) is 13.3. The molecule has 0 spiro atoms. The van der Waals surface area contributed by atoms with E-state index >= 15 is 0 Å². The molecule has 162 valence electrons. The predicted octanol–water partition coefficient (Wildman–Crippen LogP) is 3.04. The fourth-order valence-corrected chi connectivity index (χ4v) is 5.15. The van der Waals surface area contributed by atoms with Crippen molar-refractivity contribution >= 4 is 33.4 Å². The number of rotatable bonds is 6. The van der Waals surface area contributed by atoms with Crippen molar-refractivity contribution in [2.24, 2.45) is 0 Å². The molecule has 0 saturated carbocycles. The quantitative estimate of drug-likeness (QED) is 0.552. The molecular formula is C23H25N3O4S. The fourth-order valence-electron chi connectivity index (χ4n) is 3.95. The summed E-state index contributed by atoms with van der Waals surface area (Å²) in [7, 11) is 0. The molecule has 1 aliphatic rings. The van der Waals surface area contributed by atoms with Gasteiger partial charge in [-0.2, -0.15) is 0 Å². The molecule has 1 amide bonds. The van der Waals surface area contributed by atoms with Crippen LogP contribution in [0.15, 0.2) is 35.4 Å². The van der Waals surface area contributed by atoms with Crippen molar-refractivity contribution in [3.63, 3.8) is 0 Å². The summed E-state index contributed by atoms with van der Waals surface area (Å²) in [5.74, 6) is -0.422. The van der Waals surface area contributed by atoms with Crippen LogP contribution in [0.5, 0.6) is 0 Å². The van der Waals surface area contributed by atoms with Gasteiger partial charge in [0.15, 0.2) is 0 Å². The highest BCUT2D eigenvalue weighted by molar-refractivity contribution is 7.18. The van der Waals surface area contributed by atoms with Crippen LogP contribution in [0.1, 0.15) is 41.3 Å². The van der Waals surface area contributed by atoms with Crippen LogP contribution in [0.4, 0.5) is 0 Å². The van der Waals surface area contributed by atoms with Crippen molar-refractivity contribution in [1.82, 2.24) is 14.5 Å². The summed E-state index contributed by atoms with van der Waals surface area (Å²) >= 11 is 1.48. The summed E-state index contributed by atoms with van der Waals surface area (Å²) in [4.78, 5) is 45.3. The van der Waals surface area contributed by atoms with Crippen LogP contribution in [-0.4, -0.2) is 39.5 Å². The van der Waals surface area contributed by atoms with Crippen molar-refractivity contribution in [2.45, 2.75) is 46.2 Å². The third kappa shape index (κ3) is 4.54. The lowest BCUT2D eigenvalue weighted by atomic mass is 10.0. The van der Waals surface area contributed by atoms with Crippen LogP contribution in [0.25, 0.3) is 10.2 Å². The molecule has 1 aliphatic heterocycles. The molecule has 3 aromatic rings. The van der Waals surface area contributed by atoms with E-state index in [-0.39, 0.29) is 30.3 Å². The molecule has 4 rings (SSSR count). The van der Waals surface area contributed by atoms with Gasteiger partial charge in [-0.3, -0.25) is 19.0 Å². The number of nitrogens with zero attached hydrogens (tertiary/aromatic N) is 3. The van der Waals surface area contributed by atoms with Crippen molar-refractivity contribution in [3.05, 3.63) is 62.5 Å². The van der Waals surface area contributed by atoms with Crippen molar-refractivity contribution in [1.29, 1.82) is 0 Å². The van der Waals surface area contributed by atoms with Gasteiger partial charge in [0.05, 0.1) is 37.8 Å². The molecule has 0 saturated heterocycles. The molecule has 0 radical (unpaired) electrons. The molecule has 3 heterocycles. The molecule has 2 aromatic heterocycles. The van der Waals surface area contributed by atoms with Crippen LogP contribution < -0.4 is 5.56 Å². The largest absolute Gasteiger partial charge is 0.466 e. The fraction of sp³-hybridized carbons (Fsp3) is 0.391. The topological polar surface area (TPSA) is 81.5 Å². The lowest BCUT2D eigenvalue weighted by Gasteiger charge is -2.27. The van der Waals surface area contributed by atoms with Gasteiger partial charge in [-0.05, 0) is 31.4 Å². The van der Waals surface area contributed by atoms with Crippen LogP contribution in [0.2, 0.25) is 0 Å². The van der Waals surface area contributed by atoms with Gasteiger partial charge in [-0.15, -0.1) is 11.3 Å². The number of hydrogen-bond acceptors (Lipinski definition) is 6. The lowest BCUT2D eigenvalue weighted by Crippen LogP contribution is -2.35. The van der Waals surface area contributed by atoms with Gasteiger partial charge in [-0.25, -0.2) is 4.98 Å². The molecule has 7 nitrogen and oxygen atoms in total. The Bertz CT molecular complexity index is 1200. The Morgan fingerprint density at radius 2 is 2.10 bits per heavy atom. The summed E-state index contributed by atoms with van der Waals surface area (Å²) in [6.07, 6.45) is 2.46. The summed E-state index contributed by atoms with van der Waals surface area (Å²) < 4.78 is 6.55. The molecule has 0 fully saturated rings. The zero-order valence-electron chi connectivity index (χ0n) is 17.7. The minimum absolute atomic E-state index is 0.0360. The standard InChI is InChI=1S/C23H25N3O4S/c1-3-30-20(28)8-7-19(27)25-10-9-17-18(13-25)31-22-21(17)23(29)26(14-24-22)12-16-6-4-5-15(2)11-16/h4-6,11,14H,3,7-10,12-13H2,1-2H3. The number of carbonyl (C=O) groups excluding carboxylic acids is 2. The van der Waals surface area contributed by atoms with E-state index in [1.54, 1.807) is 22.7 Å². The van der Waals surface area contributed by atoms with E-state index in [1.807, 2.05) is 25.1 Å². The first kappa shape index (κ1) is 21.2. The van der Waals surface area contributed by atoms with Gasteiger partial charge >= 0.3 is 5.97 Å². The number of amides is 1. The van der Waals surface area contributed by atoms with Gasteiger partial charge in [0.1, 0.15) is 4.83 Å². The smallest absolute Gasteiger partial charge is 0.306 e. The molecular weight excluding hydrogens is 414 g/mol. The number of benzene rings is 1. The number of carbonyl (C=O) groups is 2. The maximum absolute atomic E-state index is 13.2. The van der Waals surface area contributed by atoms with E-state index in [0.29, 0.717) is 38.0 Å². The second-order valence-electron chi connectivity index (χ2n) is 7.72. The Morgan fingerprint density at radius 3 is 2.87 bits per heavy atom. The minimum atomic E-state index is -0.353. The van der Waals surface area contributed by atoms with E-state index in [1.165, 1.54) is 11.3 Å². The van der Waals surface area contributed by atoms with Crippen LogP contribution >= 0.6 is 11.3 Å². The highest BCUT2D eigenvalue weighted by Crippen LogP contribution is 2.32. The summed E-state index contributed by atoms with van der Waals surface area (Å²) in [6.45, 7) is 5.56. The number of aryl methyl sites for hydroxylation is 1. The average molecular weight is 440 g/mol. The summed E-state index contributed by atoms with van der Waals surface area (Å²) in [5, 5.41) is 0.675. The third-order valence-corrected chi connectivity index (χ3v) is 6.59. The van der Waals surface area contributed by atoms with Gasteiger partial charge in [-0.1, -0.05) is 29.8 Å². The predicted molar refractivity (Wildman–Crippen MR) is 119 cm³/mol. The molecule has 0 bridgehead atoms. The first-order valence-electron chi connectivity index (χ1n) is 10.4. The highest BCUT2D eigenvalue weighted by atomic mass is 32.1. The Kier molecular flexibility index (Phi) is 6.18. The molecule has 0 atom stereocenters. The first-order valence-corrected chi connectivity index (χ1v) is 11.3. The van der Waals surface area contributed by atoms with Crippen LogP contribution in [0.3, 0.4) is 0 Å². The number of fused-ring (bicyclic) bond motifs is 3. The molecule has 0 N–H and O–H groups in total. The van der Waals surface area contributed by atoms with E-state index in [9.17, 15) is 14.4 Å².